The van der Waals surface area contributed by atoms with Crippen LogP contribution >= 0.6 is 0 Å². The highest BCUT2D eigenvalue weighted by molar-refractivity contribution is 5.26. The Balaban J connectivity index is 2.24. The van der Waals surface area contributed by atoms with Gasteiger partial charge in [0.1, 0.15) is 11.6 Å². The Kier molecular flexibility index (Phi) is 4.00. The molecule has 1 nitrogen and oxygen atoms in total. The maximum atomic E-state index is 13.9. The van der Waals surface area contributed by atoms with Crippen molar-refractivity contribution in [2.45, 2.75) is 51.0 Å². The van der Waals surface area contributed by atoms with Gasteiger partial charge in [0.05, 0.1) is 0 Å². The lowest BCUT2D eigenvalue weighted by Gasteiger charge is -2.29. The third-order valence-corrected chi connectivity index (χ3v) is 4.28. The Hall–Kier alpha value is -0.960. The van der Waals surface area contributed by atoms with Crippen LogP contribution in [0, 0.1) is 17.6 Å². The van der Waals surface area contributed by atoms with Gasteiger partial charge in [-0.25, -0.2) is 8.78 Å². The van der Waals surface area contributed by atoms with Crippen molar-refractivity contribution in [1.29, 1.82) is 0 Å². The number of halogens is 2. The molecule has 0 aromatic heterocycles. The van der Waals surface area contributed by atoms with Crippen LogP contribution in [0.3, 0.4) is 0 Å². The fourth-order valence-electron chi connectivity index (χ4n) is 3.01. The predicted octanol–water partition coefficient (Wildman–Crippen LogP) is 4.11. The van der Waals surface area contributed by atoms with Gasteiger partial charge < -0.3 is 5.73 Å². The summed E-state index contributed by atoms with van der Waals surface area (Å²) in [6.07, 6.45) is 5.94. The molecule has 1 saturated carbocycles. The highest BCUT2D eigenvalue weighted by Gasteiger charge is 2.32. The molecule has 1 aromatic rings. The van der Waals surface area contributed by atoms with Gasteiger partial charge in [0, 0.05) is 17.2 Å². The van der Waals surface area contributed by atoms with Gasteiger partial charge in [-0.2, -0.15) is 0 Å². The van der Waals surface area contributed by atoms with Crippen molar-refractivity contribution in [3.05, 3.63) is 35.4 Å². The summed E-state index contributed by atoms with van der Waals surface area (Å²) in [4.78, 5) is 0. The molecule has 1 aliphatic rings. The third-order valence-electron chi connectivity index (χ3n) is 4.28. The van der Waals surface area contributed by atoms with E-state index in [-0.39, 0.29) is 0 Å². The molecule has 1 aliphatic carbocycles. The van der Waals surface area contributed by atoms with Gasteiger partial charge in [-0.05, 0) is 31.2 Å². The topological polar surface area (TPSA) is 26.0 Å². The Morgan fingerprint density at radius 3 is 2.72 bits per heavy atom. The molecule has 0 heterocycles. The van der Waals surface area contributed by atoms with E-state index in [0.717, 1.165) is 44.6 Å². The molecule has 2 atom stereocenters. The molecule has 100 valence electrons. The van der Waals surface area contributed by atoms with Gasteiger partial charge in [-0.1, -0.05) is 32.3 Å². The highest BCUT2D eigenvalue weighted by Crippen LogP contribution is 2.37. The van der Waals surface area contributed by atoms with E-state index < -0.39 is 17.2 Å². The maximum Gasteiger partial charge on any atom is 0.131 e. The molecular weight excluding hydrogens is 232 g/mol. The van der Waals surface area contributed by atoms with E-state index in [9.17, 15) is 8.78 Å². The Labute approximate surface area is 107 Å². The molecule has 18 heavy (non-hydrogen) atoms. The minimum Gasteiger partial charge on any atom is -0.321 e. The van der Waals surface area contributed by atoms with E-state index in [0.29, 0.717) is 11.5 Å². The molecule has 2 unspecified atom stereocenters. The molecule has 3 heteroatoms. The second-order valence-electron chi connectivity index (χ2n) is 5.49. The number of nitrogens with two attached hydrogens (primary N) is 1. The lowest BCUT2D eigenvalue weighted by molar-refractivity contribution is 0.356. The summed E-state index contributed by atoms with van der Waals surface area (Å²) in [5.41, 5.74) is 6.24. The lowest BCUT2D eigenvalue weighted by Crippen LogP contribution is -2.37. The third kappa shape index (κ3) is 2.72. The Morgan fingerprint density at radius 2 is 2.06 bits per heavy atom. The summed E-state index contributed by atoms with van der Waals surface area (Å²) in [5, 5.41) is 0. The summed E-state index contributed by atoms with van der Waals surface area (Å²) in [6.45, 7) is 2.19. The molecule has 0 bridgehead atoms. The van der Waals surface area contributed by atoms with E-state index in [1.165, 1.54) is 12.1 Å². The van der Waals surface area contributed by atoms with E-state index in [1.54, 1.807) is 0 Å². The van der Waals surface area contributed by atoms with Crippen LogP contribution in [0.2, 0.25) is 0 Å². The zero-order chi connectivity index (χ0) is 13.2. The molecule has 1 fully saturated rings. The second kappa shape index (κ2) is 5.35. The molecule has 0 saturated heterocycles. The predicted molar refractivity (Wildman–Crippen MR) is 69.1 cm³/mol. The molecule has 2 N–H and O–H groups in total. The fraction of sp³-hybridized carbons (Fsp3) is 0.600. The number of hydrogen-bond donors (Lipinski definition) is 1. The van der Waals surface area contributed by atoms with Crippen molar-refractivity contribution >= 4 is 0 Å². The first-order valence-corrected chi connectivity index (χ1v) is 6.79. The summed E-state index contributed by atoms with van der Waals surface area (Å²) in [6, 6.07) is 3.75. The summed E-state index contributed by atoms with van der Waals surface area (Å²) >= 11 is 0. The normalized spacial score (nSPS) is 29.0. The quantitative estimate of drug-likeness (QED) is 0.789. The van der Waals surface area contributed by atoms with Gasteiger partial charge in [0.2, 0.25) is 0 Å². The molecule has 0 radical (unpaired) electrons. The first kappa shape index (κ1) is 13.5. The van der Waals surface area contributed by atoms with Crippen molar-refractivity contribution in [2.75, 3.05) is 0 Å². The van der Waals surface area contributed by atoms with Crippen LogP contribution in [-0.4, -0.2) is 0 Å². The van der Waals surface area contributed by atoms with Gasteiger partial charge in [0.15, 0.2) is 0 Å². The lowest BCUT2D eigenvalue weighted by atomic mass is 9.83. The standard InChI is InChI=1S/C15H21F2N/c1-2-11-4-3-8-15(18,9-7-11)13-6-5-12(16)10-14(13)17/h5-6,10-11H,2-4,7-9,18H2,1H3. The first-order chi connectivity index (χ1) is 8.55. The van der Waals surface area contributed by atoms with Crippen LogP contribution in [0.4, 0.5) is 8.78 Å². The van der Waals surface area contributed by atoms with Gasteiger partial charge in [-0.15, -0.1) is 0 Å². The summed E-state index contributed by atoms with van der Waals surface area (Å²) < 4.78 is 26.8. The van der Waals surface area contributed by atoms with Gasteiger partial charge >= 0.3 is 0 Å². The van der Waals surface area contributed by atoms with E-state index in [2.05, 4.69) is 6.92 Å². The minimum atomic E-state index is -0.623. The number of benzene rings is 1. The average Bonchev–Trinajstić information content (AvgIpc) is 2.51. The van der Waals surface area contributed by atoms with Crippen LogP contribution in [0.1, 0.15) is 51.0 Å². The van der Waals surface area contributed by atoms with Crippen molar-refractivity contribution in [3.8, 4) is 0 Å². The van der Waals surface area contributed by atoms with Crippen LogP contribution in [-0.2, 0) is 5.54 Å². The van der Waals surface area contributed by atoms with Crippen molar-refractivity contribution in [1.82, 2.24) is 0 Å². The zero-order valence-corrected chi connectivity index (χ0v) is 10.9. The Morgan fingerprint density at radius 1 is 1.28 bits per heavy atom. The first-order valence-electron chi connectivity index (χ1n) is 6.79. The highest BCUT2D eigenvalue weighted by atomic mass is 19.1. The maximum absolute atomic E-state index is 13.9. The molecule has 1 aromatic carbocycles. The van der Waals surface area contributed by atoms with Gasteiger partial charge in [-0.3, -0.25) is 0 Å². The van der Waals surface area contributed by atoms with Crippen molar-refractivity contribution in [2.24, 2.45) is 11.7 Å². The van der Waals surface area contributed by atoms with Crippen molar-refractivity contribution < 1.29 is 8.78 Å². The zero-order valence-electron chi connectivity index (χ0n) is 10.9. The monoisotopic (exact) mass is 253 g/mol. The van der Waals surface area contributed by atoms with E-state index >= 15 is 0 Å². The molecule has 0 aliphatic heterocycles. The summed E-state index contributed by atoms with van der Waals surface area (Å²) in [7, 11) is 0. The number of hydrogen-bond acceptors (Lipinski definition) is 1. The smallest absolute Gasteiger partial charge is 0.131 e. The van der Waals surface area contributed by atoms with Crippen LogP contribution in [0.15, 0.2) is 18.2 Å². The number of rotatable bonds is 2. The molecule has 0 spiro atoms. The largest absolute Gasteiger partial charge is 0.321 e. The van der Waals surface area contributed by atoms with E-state index in [4.69, 9.17) is 5.73 Å². The average molecular weight is 253 g/mol. The van der Waals surface area contributed by atoms with Crippen LogP contribution in [0.5, 0.6) is 0 Å². The fourth-order valence-corrected chi connectivity index (χ4v) is 3.01. The molecular formula is C15H21F2N. The minimum absolute atomic E-state index is 0.473. The Bertz CT molecular complexity index is 419. The van der Waals surface area contributed by atoms with Gasteiger partial charge in [0.25, 0.3) is 0 Å². The SMILES string of the molecule is CCC1CCCC(N)(c2ccc(F)cc2F)CC1. The van der Waals surface area contributed by atoms with E-state index in [1.807, 2.05) is 0 Å². The van der Waals surface area contributed by atoms with Crippen LogP contribution in [0.25, 0.3) is 0 Å². The molecule has 0 amide bonds. The second-order valence-corrected chi connectivity index (χ2v) is 5.49. The summed E-state index contributed by atoms with van der Waals surface area (Å²) in [5.74, 6) is -0.355. The van der Waals surface area contributed by atoms with Crippen LogP contribution < -0.4 is 5.73 Å². The molecule has 2 rings (SSSR count). The van der Waals surface area contributed by atoms with Crippen molar-refractivity contribution in [3.63, 3.8) is 0 Å².